The van der Waals surface area contributed by atoms with Crippen molar-refractivity contribution in [3.8, 4) is 5.75 Å². The first kappa shape index (κ1) is 22.0. The lowest BCUT2D eigenvalue weighted by Gasteiger charge is -2.27. The fourth-order valence-corrected chi connectivity index (χ4v) is 4.36. The van der Waals surface area contributed by atoms with Crippen molar-refractivity contribution >= 4 is 17.4 Å². The van der Waals surface area contributed by atoms with Gasteiger partial charge in [-0.25, -0.2) is 8.78 Å². The van der Waals surface area contributed by atoms with Crippen molar-refractivity contribution in [1.82, 2.24) is 9.80 Å². The summed E-state index contributed by atoms with van der Waals surface area (Å²) in [5.74, 6) is -3.43. The normalized spacial score (nSPS) is 20.8. The van der Waals surface area contributed by atoms with E-state index in [1.807, 2.05) is 0 Å². The van der Waals surface area contributed by atoms with Gasteiger partial charge in [0.1, 0.15) is 11.6 Å². The molecule has 0 bridgehead atoms. The molecule has 2 aromatic carbocycles. The number of aliphatic hydroxyl groups excluding tert-OH is 1. The molecule has 0 radical (unpaired) electrons. The molecule has 2 aromatic rings. The summed E-state index contributed by atoms with van der Waals surface area (Å²) in [4.78, 5) is 29.4. The lowest BCUT2D eigenvalue weighted by Crippen LogP contribution is -2.37. The van der Waals surface area contributed by atoms with Crippen molar-refractivity contribution in [2.24, 2.45) is 0 Å². The Morgan fingerprint density at radius 3 is 2.50 bits per heavy atom. The van der Waals surface area contributed by atoms with E-state index in [1.165, 1.54) is 42.3 Å². The molecule has 0 aromatic heterocycles. The third-order valence-corrected chi connectivity index (χ3v) is 5.99. The van der Waals surface area contributed by atoms with E-state index in [2.05, 4.69) is 4.90 Å². The molecule has 1 unspecified atom stereocenters. The predicted molar refractivity (Wildman–Crippen MR) is 114 cm³/mol. The van der Waals surface area contributed by atoms with Crippen LogP contribution in [0.2, 0.25) is 0 Å². The number of rotatable bonds is 6. The van der Waals surface area contributed by atoms with E-state index in [4.69, 9.17) is 4.74 Å². The number of nitrogens with zero attached hydrogens (tertiary/aromatic N) is 2. The Morgan fingerprint density at radius 2 is 1.84 bits per heavy atom. The van der Waals surface area contributed by atoms with Gasteiger partial charge in [0.15, 0.2) is 11.6 Å². The van der Waals surface area contributed by atoms with Crippen LogP contribution in [0.1, 0.15) is 30.0 Å². The number of hydrogen-bond acceptors (Lipinski definition) is 5. The Labute approximate surface area is 184 Å². The molecule has 0 spiro atoms. The lowest BCUT2D eigenvalue weighted by molar-refractivity contribution is -0.140. The van der Waals surface area contributed by atoms with Gasteiger partial charge in [0, 0.05) is 18.7 Å². The van der Waals surface area contributed by atoms with Gasteiger partial charge in [0.25, 0.3) is 11.7 Å². The highest BCUT2D eigenvalue weighted by Crippen LogP contribution is 2.39. The fourth-order valence-electron chi connectivity index (χ4n) is 4.36. The first-order chi connectivity index (χ1) is 15.4. The smallest absolute Gasteiger partial charge is 0.295 e. The molecule has 2 aliphatic heterocycles. The van der Waals surface area contributed by atoms with Crippen LogP contribution in [0.15, 0.2) is 48.0 Å². The minimum atomic E-state index is -0.974. The minimum absolute atomic E-state index is 0.0192. The maximum Gasteiger partial charge on any atom is 0.295 e. The molecule has 1 amide bonds. The van der Waals surface area contributed by atoms with Gasteiger partial charge in [0.05, 0.1) is 18.7 Å². The summed E-state index contributed by atoms with van der Waals surface area (Å²) in [5, 5.41) is 11.0. The van der Waals surface area contributed by atoms with Crippen LogP contribution in [0.25, 0.3) is 5.76 Å². The van der Waals surface area contributed by atoms with Gasteiger partial charge in [-0.3, -0.25) is 9.59 Å². The molecule has 2 saturated heterocycles. The Kier molecular flexibility index (Phi) is 6.23. The van der Waals surface area contributed by atoms with Gasteiger partial charge in [0.2, 0.25) is 0 Å². The Hall–Kier alpha value is -3.26. The summed E-state index contributed by atoms with van der Waals surface area (Å²) in [7, 11) is 1.31. The second-order valence-corrected chi connectivity index (χ2v) is 7.95. The maximum atomic E-state index is 14.2. The number of amides is 1. The molecule has 2 heterocycles. The van der Waals surface area contributed by atoms with E-state index < -0.39 is 35.1 Å². The van der Waals surface area contributed by atoms with Crippen LogP contribution in [-0.4, -0.2) is 59.9 Å². The Balaban J connectivity index is 1.77. The van der Waals surface area contributed by atoms with Crippen molar-refractivity contribution in [1.29, 1.82) is 0 Å². The van der Waals surface area contributed by atoms with E-state index >= 15 is 0 Å². The number of ether oxygens (including phenoxy) is 1. The van der Waals surface area contributed by atoms with Gasteiger partial charge >= 0.3 is 0 Å². The average Bonchev–Trinajstić information content (AvgIpc) is 3.39. The molecule has 4 rings (SSSR count). The highest BCUT2D eigenvalue weighted by atomic mass is 19.1. The average molecular weight is 442 g/mol. The van der Waals surface area contributed by atoms with Crippen molar-refractivity contribution in [2.45, 2.75) is 18.9 Å². The number of carbonyl (C=O) groups excluding carboxylic acids is 2. The summed E-state index contributed by atoms with van der Waals surface area (Å²) in [6.07, 6.45) is 2.16. The largest absolute Gasteiger partial charge is 0.507 e. The summed E-state index contributed by atoms with van der Waals surface area (Å²) in [6.45, 7) is 2.65. The monoisotopic (exact) mass is 442 g/mol. The van der Waals surface area contributed by atoms with Crippen molar-refractivity contribution in [3.05, 3.63) is 70.8 Å². The van der Waals surface area contributed by atoms with Gasteiger partial charge in [-0.1, -0.05) is 12.1 Å². The standard InChI is InChI=1S/C24H24F2N2O4/c1-32-19-8-7-16(14-18(19)26)22(29)20-21(15-5-4-6-17(25)13-15)28(24(31)23(20)30)12-11-27-9-2-3-10-27/h4-8,13-14,21,29H,2-3,9-12H2,1H3/b22-20+. The molecule has 6 nitrogen and oxygen atoms in total. The van der Waals surface area contributed by atoms with E-state index in [9.17, 15) is 23.5 Å². The van der Waals surface area contributed by atoms with Crippen LogP contribution in [0, 0.1) is 11.6 Å². The highest BCUT2D eigenvalue weighted by molar-refractivity contribution is 6.46. The molecule has 2 fully saturated rings. The van der Waals surface area contributed by atoms with Gasteiger partial charge < -0.3 is 19.6 Å². The number of benzene rings is 2. The molecule has 1 N–H and O–H groups in total. The molecule has 0 saturated carbocycles. The van der Waals surface area contributed by atoms with Gasteiger partial charge in [-0.2, -0.15) is 0 Å². The first-order valence-corrected chi connectivity index (χ1v) is 10.5. The first-order valence-electron chi connectivity index (χ1n) is 10.5. The number of halogens is 2. The Morgan fingerprint density at radius 1 is 1.09 bits per heavy atom. The molecule has 32 heavy (non-hydrogen) atoms. The van der Waals surface area contributed by atoms with Crippen molar-refractivity contribution < 1.29 is 28.2 Å². The number of aliphatic hydroxyl groups is 1. The SMILES string of the molecule is COc1ccc(/C(O)=C2\C(=O)C(=O)N(CCN3CCCC3)C2c2cccc(F)c2)cc1F. The topological polar surface area (TPSA) is 70.1 Å². The molecule has 168 valence electrons. The third kappa shape index (κ3) is 4.10. The number of hydrogen-bond donors (Lipinski definition) is 1. The molecule has 1 atom stereocenters. The summed E-state index contributed by atoms with van der Waals surface area (Å²) < 4.78 is 33.2. The number of Topliss-reactive ketones (excluding diaryl/α,β-unsaturated/α-hetero) is 1. The quantitative estimate of drug-likeness (QED) is 0.421. The minimum Gasteiger partial charge on any atom is -0.507 e. The maximum absolute atomic E-state index is 14.2. The van der Waals surface area contributed by atoms with Crippen LogP contribution >= 0.6 is 0 Å². The second kappa shape index (κ2) is 9.08. The van der Waals surface area contributed by atoms with E-state index in [1.54, 1.807) is 6.07 Å². The zero-order valence-electron chi connectivity index (χ0n) is 17.7. The molecular weight excluding hydrogens is 418 g/mol. The van der Waals surface area contributed by atoms with Crippen LogP contribution in [0.3, 0.4) is 0 Å². The van der Waals surface area contributed by atoms with Crippen LogP contribution < -0.4 is 4.74 Å². The van der Waals surface area contributed by atoms with Crippen molar-refractivity contribution in [2.75, 3.05) is 33.3 Å². The van der Waals surface area contributed by atoms with Crippen LogP contribution in [-0.2, 0) is 9.59 Å². The van der Waals surface area contributed by atoms with E-state index in [0.717, 1.165) is 32.0 Å². The van der Waals surface area contributed by atoms with Crippen LogP contribution in [0.5, 0.6) is 5.75 Å². The van der Waals surface area contributed by atoms with Gasteiger partial charge in [-0.05, 0) is 61.8 Å². The molecule has 0 aliphatic carbocycles. The third-order valence-electron chi connectivity index (χ3n) is 5.99. The fraction of sp³-hybridized carbons (Fsp3) is 0.333. The number of ketones is 1. The van der Waals surface area contributed by atoms with E-state index in [-0.39, 0.29) is 23.4 Å². The zero-order valence-corrected chi connectivity index (χ0v) is 17.7. The number of likely N-dealkylation sites (tertiary alicyclic amines) is 2. The lowest BCUT2D eigenvalue weighted by atomic mass is 9.95. The Bertz CT molecular complexity index is 1080. The zero-order chi connectivity index (χ0) is 22.8. The molecule has 2 aliphatic rings. The summed E-state index contributed by atoms with van der Waals surface area (Å²) >= 11 is 0. The number of carbonyl (C=O) groups is 2. The molecule has 8 heteroatoms. The predicted octanol–water partition coefficient (Wildman–Crippen LogP) is 3.49. The summed E-state index contributed by atoms with van der Waals surface area (Å²) in [5.41, 5.74) is 0.204. The summed E-state index contributed by atoms with van der Waals surface area (Å²) in [6, 6.07) is 8.37. The highest BCUT2D eigenvalue weighted by Gasteiger charge is 2.46. The van der Waals surface area contributed by atoms with Gasteiger partial charge in [-0.15, -0.1) is 0 Å². The van der Waals surface area contributed by atoms with E-state index in [0.29, 0.717) is 12.1 Å². The van der Waals surface area contributed by atoms with Crippen LogP contribution in [0.4, 0.5) is 8.78 Å². The number of methoxy groups -OCH3 is 1. The molecular formula is C24H24F2N2O4. The second-order valence-electron chi connectivity index (χ2n) is 7.95. The van der Waals surface area contributed by atoms with Crippen molar-refractivity contribution in [3.63, 3.8) is 0 Å².